The minimum absolute atomic E-state index is 0.0925. The molecule has 1 aromatic carbocycles. The number of cyclic esters (lactones) is 1. The molecule has 3 amide bonds. The summed E-state index contributed by atoms with van der Waals surface area (Å²) in [5, 5.41) is 13.4. The van der Waals surface area contributed by atoms with E-state index in [-0.39, 0.29) is 35.9 Å². The van der Waals surface area contributed by atoms with E-state index in [2.05, 4.69) is 5.32 Å². The average molecular weight is 506 g/mol. The van der Waals surface area contributed by atoms with Crippen LogP contribution in [0.1, 0.15) is 23.5 Å². The van der Waals surface area contributed by atoms with E-state index in [4.69, 9.17) is 4.74 Å². The Bertz CT molecular complexity index is 1170. The van der Waals surface area contributed by atoms with Gasteiger partial charge in [0.05, 0.1) is 34.3 Å². The molecule has 2 aromatic rings. The van der Waals surface area contributed by atoms with E-state index < -0.39 is 22.9 Å². The van der Waals surface area contributed by atoms with Gasteiger partial charge >= 0.3 is 11.1 Å². The second-order valence-electron chi connectivity index (χ2n) is 8.38. The van der Waals surface area contributed by atoms with Gasteiger partial charge < -0.3 is 19.9 Å². The van der Waals surface area contributed by atoms with Crippen LogP contribution in [0.5, 0.6) is 0 Å². The summed E-state index contributed by atoms with van der Waals surface area (Å²) in [6, 6.07) is 7.00. The minimum atomic E-state index is -0.609. The molecule has 2 aliphatic rings. The second-order valence-corrected chi connectivity index (χ2v) is 9.44. The Morgan fingerprint density at radius 2 is 2.03 bits per heavy atom. The van der Waals surface area contributed by atoms with Crippen LogP contribution in [-0.2, 0) is 9.53 Å². The minimum Gasteiger partial charge on any atom is -0.442 e. The monoisotopic (exact) mass is 505 g/mol. The molecule has 0 aliphatic carbocycles. The van der Waals surface area contributed by atoms with Crippen molar-refractivity contribution in [1.29, 1.82) is 0 Å². The fraction of sp³-hybridized carbons (Fsp3) is 0.409. The van der Waals surface area contributed by atoms with E-state index in [1.54, 1.807) is 17.0 Å². The average Bonchev–Trinajstić information content (AvgIpc) is 3.44. The summed E-state index contributed by atoms with van der Waals surface area (Å²) >= 11 is 0.836. The second kappa shape index (κ2) is 9.86. The molecule has 0 radical (unpaired) electrons. The third kappa shape index (κ3) is 5.19. The number of halogens is 1. The molecule has 2 atom stereocenters. The van der Waals surface area contributed by atoms with Crippen LogP contribution in [0, 0.1) is 15.9 Å². The third-order valence-electron chi connectivity index (χ3n) is 5.91. The van der Waals surface area contributed by atoms with Crippen molar-refractivity contribution < 1.29 is 28.4 Å². The van der Waals surface area contributed by atoms with Crippen molar-refractivity contribution in [2.75, 3.05) is 42.5 Å². The SMILES string of the molecule is CC(=O)NC[C@H]1CN(c2ccc(N3CCN(C(=O)c4ccc([N+](=O)[O-])s4)C(C)C3)c(F)c2)C(=O)O1. The number of nitrogens with one attached hydrogen (secondary N) is 1. The highest BCUT2D eigenvalue weighted by Gasteiger charge is 2.34. The van der Waals surface area contributed by atoms with Gasteiger partial charge in [-0.25, -0.2) is 9.18 Å². The number of amides is 3. The summed E-state index contributed by atoms with van der Waals surface area (Å²) in [6.07, 6.45) is -1.13. The molecule has 3 heterocycles. The van der Waals surface area contributed by atoms with Crippen molar-refractivity contribution in [3.8, 4) is 0 Å². The van der Waals surface area contributed by atoms with E-state index in [0.29, 0.717) is 35.9 Å². The van der Waals surface area contributed by atoms with Crippen molar-refractivity contribution in [2.24, 2.45) is 0 Å². The summed E-state index contributed by atoms with van der Waals surface area (Å²) in [5.74, 6) is -1.03. The molecule has 1 aromatic heterocycles. The van der Waals surface area contributed by atoms with E-state index in [0.717, 1.165) is 11.3 Å². The first-order valence-corrected chi connectivity index (χ1v) is 11.8. The zero-order valence-corrected chi connectivity index (χ0v) is 19.9. The zero-order valence-electron chi connectivity index (χ0n) is 19.1. The lowest BCUT2D eigenvalue weighted by molar-refractivity contribution is -0.380. The molecule has 0 spiro atoms. The molecule has 2 fully saturated rings. The van der Waals surface area contributed by atoms with Crippen LogP contribution in [0.15, 0.2) is 30.3 Å². The number of rotatable bonds is 6. The number of hydrogen-bond donors (Lipinski definition) is 1. The van der Waals surface area contributed by atoms with Crippen molar-refractivity contribution in [1.82, 2.24) is 10.2 Å². The van der Waals surface area contributed by atoms with Crippen molar-refractivity contribution >= 4 is 45.6 Å². The van der Waals surface area contributed by atoms with Crippen LogP contribution in [0.2, 0.25) is 0 Å². The zero-order chi connectivity index (χ0) is 25.3. The Morgan fingerprint density at radius 1 is 1.26 bits per heavy atom. The number of hydrogen-bond acceptors (Lipinski definition) is 8. The van der Waals surface area contributed by atoms with E-state index >= 15 is 4.39 Å². The molecule has 1 N–H and O–H groups in total. The van der Waals surface area contributed by atoms with Crippen LogP contribution >= 0.6 is 11.3 Å². The normalized spacial score (nSPS) is 20.1. The molecular formula is C22H24FN5O6S. The van der Waals surface area contributed by atoms with Crippen molar-refractivity contribution in [2.45, 2.75) is 26.0 Å². The number of benzene rings is 1. The summed E-state index contributed by atoms with van der Waals surface area (Å²) in [6.45, 7) is 4.66. The summed E-state index contributed by atoms with van der Waals surface area (Å²) < 4.78 is 20.3. The molecule has 1 unspecified atom stereocenters. The fourth-order valence-corrected chi connectivity index (χ4v) is 4.95. The van der Waals surface area contributed by atoms with Crippen LogP contribution in [0.25, 0.3) is 0 Å². The van der Waals surface area contributed by atoms with E-state index in [1.165, 1.54) is 30.0 Å². The van der Waals surface area contributed by atoms with Crippen LogP contribution < -0.4 is 15.1 Å². The summed E-state index contributed by atoms with van der Waals surface area (Å²) in [7, 11) is 0. The third-order valence-corrected chi connectivity index (χ3v) is 6.93. The maximum atomic E-state index is 15.1. The van der Waals surface area contributed by atoms with Crippen LogP contribution in [0.3, 0.4) is 0 Å². The first-order chi connectivity index (χ1) is 16.6. The number of carbonyl (C=O) groups excluding carboxylic acids is 3. The van der Waals surface area contributed by atoms with Gasteiger partial charge in [-0.1, -0.05) is 11.3 Å². The molecule has 11 nitrogen and oxygen atoms in total. The lowest BCUT2D eigenvalue weighted by Crippen LogP contribution is -2.54. The molecule has 13 heteroatoms. The standard InChI is InChI=1S/C22H24FN5O6S/c1-13-11-25(7-8-26(13)21(30)19-5-6-20(35-19)28(32)33)18-4-3-15(9-17(18)23)27-12-16(34-22(27)31)10-24-14(2)29/h3-6,9,13,16H,7-8,10-12H2,1-2H3,(H,24,29)/t13?,16-/m0/s1. The molecule has 2 aliphatic heterocycles. The highest BCUT2D eigenvalue weighted by atomic mass is 32.1. The van der Waals surface area contributed by atoms with Crippen molar-refractivity contribution in [3.63, 3.8) is 0 Å². The maximum Gasteiger partial charge on any atom is 0.414 e. The highest BCUT2D eigenvalue weighted by Crippen LogP contribution is 2.30. The van der Waals surface area contributed by atoms with Gasteiger partial charge in [0, 0.05) is 38.7 Å². The largest absolute Gasteiger partial charge is 0.442 e. The summed E-state index contributed by atoms with van der Waals surface area (Å²) in [4.78, 5) is 51.6. The fourth-order valence-electron chi connectivity index (χ4n) is 4.18. The molecule has 4 rings (SSSR count). The number of piperazine rings is 1. The first-order valence-electron chi connectivity index (χ1n) is 11.0. The van der Waals surface area contributed by atoms with E-state index in [1.807, 2.05) is 11.8 Å². The van der Waals surface area contributed by atoms with Gasteiger partial charge in [-0.3, -0.25) is 24.6 Å². The molecule has 2 saturated heterocycles. The Morgan fingerprint density at radius 3 is 2.66 bits per heavy atom. The molecule has 186 valence electrons. The number of nitro groups is 1. The summed E-state index contributed by atoms with van der Waals surface area (Å²) in [5.41, 5.74) is 0.699. The molecular weight excluding hydrogens is 481 g/mol. The Labute approximate surface area is 204 Å². The predicted molar refractivity (Wildman–Crippen MR) is 126 cm³/mol. The predicted octanol–water partition coefficient (Wildman–Crippen LogP) is 2.61. The van der Waals surface area contributed by atoms with Crippen LogP contribution in [-0.4, -0.2) is 72.6 Å². The molecule has 35 heavy (non-hydrogen) atoms. The van der Waals surface area contributed by atoms with Crippen molar-refractivity contribution in [3.05, 3.63) is 51.1 Å². The maximum absolute atomic E-state index is 15.1. The van der Waals surface area contributed by atoms with Gasteiger partial charge in [0.15, 0.2) is 0 Å². The number of anilines is 2. The number of ether oxygens (including phenoxy) is 1. The lowest BCUT2D eigenvalue weighted by atomic mass is 10.1. The number of thiophene rings is 1. The van der Waals surface area contributed by atoms with Gasteiger partial charge in [0.25, 0.3) is 5.91 Å². The van der Waals surface area contributed by atoms with Gasteiger partial charge in [-0.05, 0) is 31.2 Å². The van der Waals surface area contributed by atoms with Gasteiger partial charge in [-0.15, -0.1) is 0 Å². The molecule has 0 saturated carbocycles. The Kier molecular flexibility index (Phi) is 6.87. The number of carbonyl (C=O) groups is 3. The first kappa shape index (κ1) is 24.4. The molecule has 0 bridgehead atoms. The smallest absolute Gasteiger partial charge is 0.414 e. The van der Waals surface area contributed by atoms with Gasteiger partial charge in [0.2, 0.25) is 5.91 Å². The van der Waals surface area contributed by atoms with Gasteiger partial charge in [-0.2, -0.15) is 0 Å². The Hall–Kier alpha value is -3.74. The van der Waals surface area contributed by atoms with E-state index in [9.17, 15) is 24.5 Å². The Balaban J connectivity index is 1.40. The van der Waals surface area contributed by atoms with Crippen LogP contribution in [0.4, 0.5) is 25.6 Å². The van der Waals surface area contributed by atoms with Gasteiger partial charge in [0.1, 0.15) is 11.9 Å². The number of nitrogens with zero attached hydrogens (tertiary/aromatic N) is 4. The topological polar surface area (TPSA) is 125 Å². The quantitative estimate of drug-likeness (QED) is 0.473. The highest BCUT2D eigenvalue weighted by molar-refractivity contribution is 7.17. The lowest BCUT2D eigenvalue weighted by Gasteiger charge is -2.41.